The van der Waals surface area contributed by atoms with Crippen LogP contribution < -0.4 is 40.5 Å². The summed E-state index contributed by atoms with van der Waals surface area (Å²) in [5.41, 5.74) is 2.12. The van der Waals surface area contributed by atoms with Crippen LogP contribution in [0.5, 0.6) is 11.5 Å². The molecule has 63 heavy (non-hydrogen) atoms. The second-order valence-electron chi connectivity index (χ2n) is 16.4. The molecule has 3 atom stereocenters. The van der Waals surface area contributed by atoms with Crippen LogP contribution in [0.25, 0.3) is 0 Å². The average Bonchev–Trinajstić information content (AvgIpc) is 3.91. The Balaban J connectivity index is 0.790. The van der Waals surface area contributed by atoms with Gasteiger partial charge in [-0.15, -0.1) is 0 Å². The lowest BCUT2D eigenvalue weighted by atomic mass is 10.0. The zero-order valence-electron chi connectivity index (χ0n) is 36.1. The lowest BCUT2D eigenvalue weighted by Gasteiger charge is -2.43. The Bertz CT molecular complexity index is 2210. The summed E-state index contributed by atoms with van der Waals surface area (Å²) in [6.07, 6.45) is 10.8. The maximum Gasteiger partial charge on any atom is 0.261 e. The number of anilines is 4. The fourth-order valence-corrected chi connectivity index (χ4v) is 8.94. The molecule has 6 amide bonds. The van der Waals surface area contributed by atoms with Gasteiger partial charge in [-0.25, -0.2) is 4.98 Å². The van der Waals surface area contributed by atoms with Gasteiger partial charge in [-0.05, 0) is 62.8 Å². The van der Waals surface area contributed by atoms with Gasteiger partial charge < -0.3 is 40.3 Å². The number of rotatable bonds is 19. The normalized spacial score (nSPS) is 19.7. The van der Waals surface area contributed by atoms with Crippen LogP contribution in [-0.4, -0.2) is 107 Å². The summed E-state index contributed by atoms with van der Waals surface area (Å²) in [5, 5.41) is 22.2. The largest absolute Gasteiger partial charge is 0.495 e. The smallest absolute Gasteiger partial charge is 0.261 e. The van der Waals surface area contributed by atoms with Gasteiger partial charge in [-0.2, -0.15) is 4.98 Å². The van der Waals surface area contributed by atoms with E-state index in [-0.39, 0.29) is 66.1 Å². The van der Waals surface area contributed by atoms with E-state index in [0.717, 1.165) is 74.9 Å². The van der Waals surface area contributed by atoms with Gasteiger partial charge in [0.1, 0.15) is 29.3 Å². The number of carbonyl (C=O) groups is 6. The van der Waals surface area contributed by atoms with Crippen LogP contribution in [0, 0.1) is 0 Å². The number of hydrogen-bond acceptors (Lipinski definition) is 13. The molecule has 4 aliphatic rings. The van der Waals surface area contributed by atoms with Crippen LogP contribution in [0.3, 0.4) is 0 Å². The first-order valence-electron chi connectivity index (χ1n) is 22.0. The topological polar surface area (TPSA) is 225 Å². The standard InChI is InChI=1S/C45H57N9O9/c1-4-31-43(60)52(2)33-25-48-45(51-39(33)53(31)28-14-9-10-15-28)49-30-19-18-27(24-35(30)62-3)40(57)47-23-12-8-6-5-7-11-22-46-37(56)26-63-34-17-13-16-29-38(34)44(61)54(42(29)59)32-20-21-36(55)50-41(32)58/h13,16-19,24-25,28,31-32,42,59H,4-12,14-15,20-23,26H2,1-3H3,(H,46,56)(H,47,57)(H,48,49,51)(H,50,55,58)/t31-,32?,42?/m1/s1. The van der Waals surface area contributed by atoms with E-state index in [0.29, 0.717) is 48.1 Å². The molecule has 1 saturated carbocycles. The van der Waals surface area contributed by atoms with Crippen LogP contribution in [0.1, 0.15) is 123 Å². The van der Waals surface area contributed by atoms with Crippen molar-refractivity contribution >= 4 is 58.6 Å². The highest BCUT2D eigenvalue weighted by molar-refractivity contribution is 6.07. The van der Waals surface area contributed by atoms with Gasteiger partial charge in [-0.3, -0.25) is 39.0 Å². The number of carbonyl (C=O) groups excluding carboxylic acids is 6. The monoisotopic (exact) mass is 867 g/mol. The predicted molar refractivity (Wildman–Crippen MR) is 233 cm³/mol. The summed E-state index contributed by atoms with van der Waals surface area (Å²) >= 11 is 0. The maximum atomic E-state index is 13.3. The van der Waals surface area contributed by atoms with Gasteiger partial charge in [0, 0.05) is 43.7 Å². The molecule has 3 aliphatic heterocycles. The molecule has 2 unspecified atom stereocenters. The third-order valence-electron chi connectivity index (χ3n) is 12.3. The van der Waals surface area contributed by atoms with Crippen LogP contribution >= 0.6 is 0 Å². The Morgan fingerprint density at radius 1 is 0.921 bits per heavy atom. The molecule has 2 fully saturated rings. The quantitative estimate of drug-likeness (QED) is 0.0841. The molecule has 7 rings (SSSR count). The second-order valence-corrected chi connectivity index (χ2v) is 16.4. The number of aliphatic hydroxyl groups excluding tert-OH is 1. The van der Waals surface area contributed by atoms with Gasteiger partial charge in [0.05, 0.1) is 24.6 Å². The fraction of sp³-hybridized carbons (Fsp3) is 0.511. The van der Waals surface area contributed by atoms with Gasteiger partial charge in [0.15, 0.2) is 18.7 Å². The van der Waals surface area contributed by atoms with Crippen molar-refractivity contribution in [3.63, 3.8) is 0 Å². The Morgan fingerprint density at radius 2 is 1.65 bits per heavy atom. The summed E-state index contributed by atoms with van der Waals surface area (Å²) in [4.78, 5) is 90.5. The highest BCUT2D eigenvalue weighted by atomic mass is 16.5. The first-order valence-corrected chi connectivity index (χ1v) is 22.0. The number of imide groups is 1. The van der Waals surface area contributed by atoms with Crippen LogP contribution in [0.2, 0.25) is 0 Å². The van der Waals surface area contributed by atoms with Crippen molar-refractivity contribution in [1.82, 2.24) is 30.8 Å². The summed E-state index contributed by atoms with van der Waals surface area (Å²) in [6, 6.07) is 8.87. The number of aliphatic hydroxyl groups is 1. The van der Waals surface area contributed by atoms with Crippen molar-refractivity contribution in [2.24, 2.45) is 0 Å². The number of amides is 6. The molecule has 0 radical (unpaired) electrons. The fourth-order valence-electron chi connectivity index (χ4n) is 8.94. The summed E-state index contributed by atoms with van der Waals surface area (Å²) in [6.45, 7) is 2.69. The molecule has 1 saturated heterocycles. The highest BCUT2D eigenvalue weighted by Gasteiger charge is 2.46. The number of ether oxygens (including phenoxy) is 2. The predicted octanol–water partition coefficient (Wildman–Crippen LogP) is 4.25. The molecule has 1 aliphatic carbocycles. The highest BCUT2D eigenvalue weighted by Crippen LogP contribution is 2.41. The molecule has 18 nitrogen and oxygen atoms in total. The summed E-state index contributed by atoms with van der Waals surface area (Å²) in [7, 11) is 3.32. The van der Waals surface area contributed by atoms with Gasteiger partial charge in [-0.1, -0.05) is 57.6 Å². The summed E-state index contributed by atoms with van der Waals surface area (Å²) < 4.78 is 11.3. The molecule has 2 aromatic carbocycles. The number of unbranched alkanes of at least 4 members (excludes halogenated alkanes) is 5. The van der Waals surface area contributed by atoms with Crippen molar-refractivity contribution in [2.45, 2.75) is 115 Å². The summed E-state index contributed by atoms with van der Waals surface area (Å²) in [5.74, 6) is -0.457. The van der Waals surface area contributed by atoms with Crippen molar-refractivity contribution in [3.05, 3.63) is 59.3 Å². The third kappa shape index (κ3) is 9.85. The number of benzene rings is 2. The number of likely N-dealkylation sites (N-methyl/N-ethyl adjacent to an activating group) is 1. The zero-order valence-corrected chi connectivity index (χ0v) is 36.1. The van der Waals surface area contributed by atoms with E-state index in [1.807, 2.05) is 6.92 Å². The number of fused-ring (bicyclic) bond motifs is 2. The van der Waals surface area contributed by atoms with Crippen molar-refractivity contribution in [2.75, 3.05) is 49.0 Å². The van der Waals surface area contributed by atoms with Crippen molar-refractivity contribution < 1.29 is 43.3 Å². The molecule has 0 spiro atoms. The molecular formula is C45H57N9O9. The Hall–Kier alpha value is -6.30. The minimum absolute atomic E-state index is 0.0548. The lowest BCUT2D eigenvalue weighted by molar-refractivity contribution is -0.139. The van der Waals surface area contributed by atoms with Crippen molar-refractivity contribution in [1.29, 1.82) is 0 Å². The van der Waals surface area contributed by atoms with Gasteiger partial charge in [0.2, 0.25) is 23.7 Å². The van der Waals surface area contributed by atoms with E-state index in [9.17, 15) is 33.9 Å². The molecule has 336 valence electrons. The molecule has 4 heterocycles. The molecule has 5 N–H and O–H groups in total. The number of nitrogens with zero attached hydrogens (tertiary/aromatic N) is 5. The number of hydrogen-bond donors (Lipinski definition) is 5. The Kier molecular flexibility index (Phi) is 14.4. The minimum atomic E-state index is -1.38. The Morgan fingerprint density at radius 3 is 2.37 bits per heavy atom. The van der Waals surface area contributed by atoms with Crippen molar-refractivity contribution in [3.8, 4) is 11.5 Å². The van der Waals surface area contributed by atoms with Gasteiger partial charge >= 0.3 is 0 Å². The second kappa shape index (κ2) is 20.3. The third-order valence-corrected chi connectivity index (χ3v) is 12.3. The zero-order chi connectivity index (χ0) is 44.6. The number of piperidine rings is 1. The van der Waals surface area contributed by atoms with Crippen LogP contribution in [0.15, 0.2) is 42.6 Å². The van der Waals surface area contributed by atoms with Crippen LogP contribution in [0.4, 0.5) is 23.1 Å². The molecule has 18 heteroatoms. The van der Waals surface area contributed by atoms with E-state index in [1.165, 1.54) is 6.07 Å². The first-order chi connectivity index (χ1) is 30.5. The van der Waals surface area contributed by atoms with E-state index >= 15 is 0 Å². The lowest BCUT2D eigenvalue weighted by Crippen LogP contribution is -2.55. The SMILES string of the molecule is CC[C@@H]1C(=O)N(C)c2cnc(Nc3ccc(C(=O)NCCCCCCCCNC(=O)COc4cccc5c4C(=O)N(C4CCC(=O)NC4=O)C5O)cc3OC)nc2N1C1CCCC1. The number of aromatic nitrogens is 2. The molecule has 3 aromatic rings. The first kappa shape index (κ1) is 44.7. The maximum absolute atomic E-state index is 13.3. The molecule has 1 aromatic heterocycles. The van der Waals surface area contributed by atoms with E-state index in [4.69, 9.17) is 14.5 Å². The number of methoxy groups -OCH3 is 1. The van der Waals surface area contributed by atoms with Crippen LogP contribution in [-0.2, 0) is 19.2 Å². The number of nitrogens with one attached hydrogen (secondary N) is 4. The minimum Gasteiger partial charge on any atom is -0.495 e. The Labute approximate surface area is 366 Å². The van der Waals surface area contributed by atoms with E-state index < -0.39 is 30.0 Å². The molecular weight excluding hydrogens is 811 g/mol. The van der Waals surface area contributed by atoms with Gasteiger partial charge in [0.25, 0.3) is 17.7 Å². The average molecular weight is 868 g/mol. The van der Waals surface area contributed by atoms with E-state index in [2.05, 4.69) is 31.2 Å². The molecule has 0 bridgehead atoms. The van der Waals surface area contributed by atoms with E-state index in [1.54, 1.807) is 55.6 Å².